The Morgan fingerprint density at radius 1 is 1.39 bits per heavy atom. The lowest BCUT2D eigenvalue weighted by atomic mass is 10.1. The van der Waals surface area contributed by atoms with E-state index < -0.39 is 5.97 Å². The molecule has 0 aliphatic heterocycles. The zero-order chi connectivity index (χ0) is 13.3. The molecule has 5 nitrogen and oxygen atoms in total. The van der Waals surface area contributed by atoms with Crippen LogP contribution in [0.3, 0.4) is 0 Å². The minimum atomic E-state index is -0.892. The molecule has 0 spiro atoms. The molecule has 0 atom stereocenters. The Balaban J connectivity index is 2.59. The van der Waals surface area contributed by atoms with Crippen LogP contribution in [0.25, 0.3) is 10.8 Å². The number of carbonyl (C=O) groups is 1. The molecule has 18 heavy (non-hydrogen) atoms. The fourth-order valence-electron chi connectivity index (χ4n) is 1.95. The predicted molar refractivity (Wildman–Crippen MR) is 71.8 cm³/mol. The summed E-state index contributed by atoms with van der Waals surface area (Å²) < 4.78 is 0. The molecule has 0 radical (unpaired) electrons. The first-order chi connectivity index (χ1) is 8.50. The van der Waals surface area contributed by atoms with E-state index in [4.69, 9.17) is 10.8 Å². The third-order valence-electron chi connectivity index (χ3n) is 2.92. The Labute approximate surface area is 105 Å². The fraction of sp³-hybridized carbons (Fsp3) is 0.231. The number of nitrogens with two attached hydrogens (primary N) is 1. The summed E-state index contributed by atoms with van der Waals surface area (Å²) >= 11 is 0. The number of fused-ring (bicyclic) bond motifs is 1. The molecule has 2 rings (SSSR count). The van der Waals surface area contributed by atoms with Crippen LogP contribution in [0.2, 0.25) is 0 Å². The number of pyridine rings is 1. The number of aliphatic carboxylic acids is 1. The van der Waals surface area contributed by atoms with E-state index in [1.165, 1.54) is 0 Å². The lowest BCUT2D eigenvalue weighted by molar-refractivity contribution is -0.135. The second-order valence-corrected chi connectivity index (χ2v) is 4.28. The summed E-state index contributed by atoms with van der Waals surface area (Å²) in [7, 11) is 1.70. The van der Waals surface area contributed by atoms with Crippen molar-refractivity contribution in [1.82, 2.24) is 4.98 Å². The van der Waals surface area contributed by atoms with E-state index in [2.05, 4.69) is 4.98 Å². The molecule has 0 saturated heterocycles. The van der Waals surface area contributed by atoms with Gasteiger partial charge in [0.05, 0.1) is 0 Å². The van der Waals surface area contributed by atoms with Gasteiger partial charge in [-0.3, -0.25) is 4.79 Å². The van der Waals surface area contributed by atoms with E-state index >= 15 is 0 Å². The average Bonchev–Trinajstić information content (AvgIpc) is 2.32. The molecule has 0 amide bonds. The number of carboxylic acid groups (broad SMARTS) is 1. The molecule has 0 aliphatic rings. The van der Waals surface area contributed by atoms with E-state index in [0.29, 0.717) is 11.5 Å². The highest BCUT2D eigenvalue weighted by Gasteiger charge is 2.12. The molecule has 3 N–H and O–H groups in total. The van der Waals surface area contributed by atoms with Crippen LogP contribution < -0.4 is 10.6 Å². The maximum absolute atomic E-state index is 10.7. The summed E-state index contributed by atoms with van der Waals surface area (Å²) in [4.78, 5) is 16.6. The van der Waals surface area contributed by atoms with Gasteiger partial charge in [0.2, 0.25) is 0 Å². The van der Waals surface area contributed by atoms with Crippen molar-refractivity contribution in [3.05, 3.63) is 30.0 Å². The number of carboxylic acids is 1. The van der Waals surface area contributed by atoms with Gasteiger partial charge in [-0.15, -0.1) is 0 Å². The highest BCUT2D eigenvalue weighted by molar-refractivity contribution is 6.00. The van der Waals surface area contributed by atoms with Crippen molar-refractivity contribution < 1.29 is 9.90 Å². The second-order valence-electron chi connectivity index (χ2n) is 4.28. The first kappa shape index (κ1) is 12.2. The lowest BCUT2D eigenvalue weighted by Crippen LogP contribution is -2.26. The molecule has 5 heteroatoms. The van der Waals surface area contributed by atoms with Crippen LogP contribution >= 0.6 is 0 Å². The first-order valence-corrected chi connectivity index (χ1v) is 5.57. The number of rotatable bonds is 3. The second kappa shape index (κ2) is 4.52. The highest BCUT2D eigenvalue weighted by Crippen LogP contribution is 2.29. The largest absolute Gasteiger partial charge is 0.480 e. The SMILES string of the molecule is Cc1ccc2c(N(C)CC(=O)O)nccc2c1N. The number of aryl methyl sites for hydroxylation is 1. The Morgan fingerprint density at radius 3 is 2.78 bits per heavy atom. The lowest BCUT2D eigenvalue weighted by Gasteiger charge is -2.18. The summed E-state index contributed by atoms with van der Waals surface area (Å²) in [5.74, 6) is -0.266. The Kier molecular flexibility index (Phi) is 3.06. The molecule has 0 aliphatic carbocycles. The van der Waals surface area contributed by atoms with Crippen molar-refractivity contribution in [2.24, 2.45) is 0 Å². The summed E-state index contributed by atoms with van der Waals surface area (Å²) in [5.41, 5.74) is 7.73. The van der Waals surface area contributed by atoms with Gasteiger partial charge in [-0.2, -0.15) is 0 Å². The van der Waals surface area contributed by atoms with Crippen molar-refractivity contribution >= 4 is 28.2 Å². The van der Waals surface area contributed by atoms with Gasteiger partial charge >= 0.3 is 5.97 Å². The van der Waals surface area contributed by atoms with Gasteiger partial charge in [-0.25, -0.2) is 4.98 Å². The van der Waals surface area contributed by atoms with Crippen molar-refractivity contribution in [2.75, 3.05) is 24.2 Å². The van der Waals surface area contributed by atoms with E-state index in [0.717, 1.165) is 16.3 Å². The van der Waals surface area contributed by atoms with Crippen LogP contribution in [0.15, 0.2) is 24.4 Å². The number of nitrogen functional groups attached to an aromatic ring is 1. The molecule has 1 aromatic heterocycles. The van der Waals surface area contributed by atoms with Crippen LogP contribution in [0, 0.1) is 6.92 Å². The van der Waals surface area contributed by atoms with Crippen molar-refractivity contribution in [3.63, 3.8) is 0 Å². The first-order valence-electron chi connectivity index (χ1n) is 5.57. The Bertz CT molecular complexity index is 610. The minimum absolute atomic E-state index is 0.0973. The summed E-state index contributed by atoms with van der Waals surface area (Å²) in [6, 6.07) is 5.68. The van der Waals surface area contributed by atoms with Gasteiger partial charge in [0.25, 0.3) is 0 Å². The summed E-state index contributed by atoms with van der Waals surface area (Å²) in [5, 5.41) is 10.6. The monoisotopic (exact) mass is 245 g/mol. The van der Waals surface area contributed by atoms with Gasteiger partial charge in [0.1, 0.15) is 12.4 Å². The number of hydrogen-bond acceptors (Lipinski definition) is 4. The molecule has 1 aromatic carbocycles. The number of aromatic nitrogens is 1. The van der Waals surface area contributed by atoms with Crippen LogP contribution in [0.4, 0.5) is 11.5 Å². The topological polar surface area (TPSA) is 79.5 Å². The van der Waals surface area contributed by atoms with Crippen LogP contribution in [-0.2, 0) is 4.79 Å². The van der Waals surface area contributed by atoms with Gasteiger partial charge in [0, 0.05) is 29.7 Å². The summed E-state index contributed by atoms with van der Waals surface area (Å²) in [6.07, 6.45) is 1.64. The number of anilines is 2. The molecule has 2 aromatic rings. The number of likely N-dealkylation sites (N-methyl/N-ethyl adjacent to an activating group) is 1. The molecule has 0 fully saturated rings. The zero-order valence-corrected chi connectivity index (χ0v) is 10.3. The minimum Gasteiger partial charge on any atom is -0.480 e. The Morgan fingerprint density at radius 2 is 2.11 bits per heavy atom. The van der Waals surface area contributed by atoms with E-state index in [-0.39, 0.29) is 6.54 Å². The van der Waals surface area contributed by atoms with Gasteiger partial charge < -0.3 is 15.7 Å². The molecule has 94 valence electrons. The van der Waals surface area contributed by atoms with Crippen LogP contribution in [0.1, 0.15) is 5.56 Å². The number of hydrogen-bond donors (Lipinski definition) is 2. The van der Waals surface area contributed by atoms with Crippen molar-refractivity contribution in [2.45, 2.75) is 6.92 Å². The third-order valence-corrected chi connectivity index (χ3v) is 2.92. The molecular formula is C13H15N3O2. The normalized spacial score (nSPS) is 10.6. The molecule has 1 heterocycles. The highest BCUT2D eigenvalue weighted by atomic mass is 16.4. The third kappa shape index (κ3) is 2.07. The molecule has 0 saturated carbocycles. The quantitative estimate of drug-likeness (QED) is 0.804. The predicted octanol–water partition coefficient (Wildman–Crippen LogP) is 1.65. The Hall–Kier alpha value is -2.30. The van der Waals surface area contributed by atoms with Crippen molar-refractivity contribution in [3.8, 4) is 0 Å². The molecular weight excluding hydrogens is 230 g/mol. The maximum Gasteiger partial charge on any atom is 0.323 e. The zero-order valence-electron chi connectivity index (χ0n) is 10.3. The summed E-state index contributed by atoms with van der Waals surface area (Å²) in [6.45, 7) is 1.84. The fourth-order valence-corrected chi connectivity index (χ4v) is 1.95. The van der Waals surface area contributed by atoms with Crippen molar-refractivity contribution in [1.29, 1.82) is 0 Å². The smallest absolute Gasteiger partial charge is 0.323 e. The van der Waals surface area contributed by atoms with E-state index in [1.54, 1.807) is 18.1 Å². The standard InChI is InChI=1S/C13H15N3O2/c1-8-3-4-10-9(12(8)14)5-6-15-13(10)16(2)7-11(17)18/h3-6H,7,14H2,1-2H3,(H,17,18). The van der Waals surface area contributed by atoms with Crippen LogP contribution in [-0.4, -0.2) is 29.7 Å². The van der Waals surface area contributed by atoms with Gasteiger partial charge in [-0.1, -0.05) is 12.1 Å². The average molecular weight is 245 g/mol. The molecule has 0 unspecified atom stereocenters. The number of benzene rings is 1. The molecule has 0 bridgehead atoms. The van der Waals surface area contributed by atoms with Gasteiger partial charge in [-0.05, 0) is 18.6 Å². The maximum atomic E-state index is 10.7. The number of nitrogens with zero attached hydrogens (tertiary/aromatic N) is 2. The van der Waals surface area contributed by atoms with E-state index in [1.807, 2.05) is 25.1 Å². The van der Waals surface area contributed by atoms with E-state index in [9.17, 15) is 4.79 Å². The van der Waals surface area contributed by atoms with Crippen LogP contribution in [0.5, 0.6) is 0 Å². The van der Waals surface area contributed by atoms with Gasteiger partial charge in [0.15, 0.2) is 0 Å².